The van der Waals surface area contributed by atoms with Crippen LogP contribution in [0.5, 0.6) is 0 Å². The monoisotopic (exact) mass is 302 g/mol. The Labute approximate surface area is 130 Å². The lowest BCUT2D eigenvalue weighted by molar-refractivity contribution is -0.114. The van der Waals surface area contributed by atoms with Crippen LogP contribution in [0.3, 0.4) is 0 Å². The Morgan fingerprint density at radius 2 is 1.71 bits per heavy atom. The number of rotatable bonds is 4. The van der Waals surface area contributed by atoms with Crippen molar-refractivity contribution in [1.29, 1.82) is 0 Å². The highest BCUT2D eigenvalue weighted by Crippen LogP contribution is 2.21. The molecule has 2 aromatic carbocycles. The van der Waals surface area contributed by atoms with Crippen molar-refractivity contribution in [1.82, 2.24) is 0 Å². The number of carbonyl (C=O) groups excluding carboxylic acids is 1. The maximum Gasteiger partial charge on any atom is 0.243 e. The third kappa shape index (κ3) is 3.99. The first kappa shape index (κ1) is 15.4. The van der Waals surface area contributed by atoms with Gasteiger partial charge in [-0.3, -0.25) is 4.79 Å². The van der Waals surface area contributed by atoms with Crippen LogP contribution in [-0.4, -0.2) is 12.5 Å². The highest BCUT2D eigenvalue weighted by Gasteiger charge is 2.07. The van der Waals surface area contributed by atoms with Gasteiger partial charge in [0.25, 0.3) is 0 Å². The highest BCUT2D eigenvalue weighted by atomic mass is 35.5. The van der Waals surface area contributed by atoms with Gasteiger partial charge in [-0.05, 0) is 55.7 Å². The zero-order chi connectivity index (χ0) is 15.4. The number of halogens is 1. The summed E-state index contributed by atoms with van der Waals surface area (Å²) in [6.07, 6.45) is 0. The second-order valence-corrected chi connectivity index (χ2v) is 5.56. The van der Waals surface area contributed by atoms with Gasteiger partial charge in [0.1, 0.15) is 0 Å². The maximum absolute atomic E-state index is 12.0. The van der Waals surface area contributed by atoms with Crippen LogP contribution in [0.25, 0.3) is 0 Å². The fourth-order valence-corrected chi connectivity index (χ4v) is 2.45. The third-order valence-corrected chi connectivity index (χ3v) is 3.60. The van der Waals surface area contributed by atoms with Crippen molar-refractivity contribution < 1.29 is 4.79 Å². The molecule has 1 amide bonds. The Kier molecular flexibility index (Phi) is 4.86. The van der Waals surface area contributed by atoms with Gasteiger partial charge in [0.2, 0.25) is 5.91 Å². The van der Waals surface area contributed by atoms with Crippen LogP contribution in [0.2, 0.25) is 5.02 Å². The summed E-state index contributed by atoms with van der Waals surface area (Å²) in [5.74, 6) is -0.0805. The van der Waals surface area contributed by atoms with Crippen LogP contribution in [0.4, 0.5) is 11.4 Å². The van der Waals surface area contributed by atoms with E-state index in [4.69, 9.17) is 11.6 Å². The minimum Gasteiger partial charge on any atom is -0.376 e. The summed E-state index contributed by atoms with van der Waals surface area (Å²) in [6, 6.07) is 11.5. The molecule has 0 fully saturated rings. The zero-order valence-corrected chi connectivity index (χ0v) is 13.2. The Morgan fingerprint density at radius 3 is 2.33 bits per heavy atom. The molecule has 0 atom stereocenters. The van der Waals surface area contributed by atoms with Crippen LogP contribution >= 0.6 is 11.6 Å². The summed E-state index contributed by atoms with van der Waals surface area (Å²) < 4.78 is 0. The van der Waals surface area contributed by atoms with Crippen molar-refractivity contribution in [3.63, 3.8) is 0 Å². The normalized spacial score (nSPS) is 10.3. The summed E-state index contributed by atoms with van der Waals surface area (Å²) in [5, 5.41) is 6.75. The summed E-state index contributed by atoms with van der Waals surface area (Å²) in [6.45, 7) is 6.20. The van der Waals surface area contributed by atoms with Gasteiger partial charge in [0, 0.05) is 16.4 Å². The van der Waals surface area contributed by atoms with Gasteiger partial charge in [-0.1, -0.05) is 29.8 Å². The molecule has 0 saturated heterocycles. The molecule has 0 radical (unpaired) electrons. The number of para-hydroxylation sites is 1. The lowest BCUT2D eigenvalue weighted by atomic mass is 10.1. The second kappa shape index (κ2) is 6.64. The lowest BCUT2D eigenvalue weighted by Crippen LogP contribution is -2.22. The van der Waals surface area contributed by atoms with E-state index < -0.39 is 0 Å². The molecular formula is C17H19ClN2O. The van der Waals surface area contributed by atoms with Crippen molar-refractivity contribution in [2.45, 2.75) is 20.8 Å². The van der Waals surface area contributed by atoms with E-state index in [1.54, 1.807) is 6.07 Å². The molecule has 3 nitrogen and oxygen atoms in total. The fourth-order valence-electron chi connectivity index (χ4n) is 2.22. The first-order chi connectivity index (χ1) is 9.97. The Morgan fingerprint density at radius 1 is 1.05 bits per heavy atom. The van der Waals surface area contributed by atoms with Gasteiger partial charge >= 0.3 is 0 Å². The van der Waals surface area contributed by atoms with Gasteiger partial charge in [-0.25, -0.2) is 0 Å². The molecule has 0 unspecified atom stereocenters. The summed E-state index contributed by atoms with van der Waals surface area (Å²) in [7, 11) is 0. The van der Waals surface area contributed by atoms with Gasteiger partial charge in [0.05, 0.1) is 6.54 Å². The average Bonchev–Trinajstić information content (AvgIpc) is 2.41. The van der Waals surface area contributed by atoms with Crippen LogP contribution in [0.1, 0.15) is 16.7 Å². The number of anilines is 2. The molecular weight excluding hydrogens is 284 g/mol. The third-order valence-electron chi connectivity index (χ3n) is 3.37. The fraction of sp³-hybridized carbons (Fsp3) is 0.235. The molecule has 0 aromatic heterocycles. The molecule has 2 rings (SSSR count). The van der Waals surface area contributed by atoms with Gasteiger partial charge < -0.3 is 10.6 Å². The molecule has 2 aromatic rings. The van der Waals surface area contributed by atoms with E-state index in [2.05, 4.69) is 10.6 Å². The Hall–Kier alpha value is -2.00. The number of nitrogens with one attached hydrogen (secondary N) is 2. The summed E-state index contributed by atoms with van der Waals surface area (Å²) in [4.78, 5) is 12.0. The predicted molar refractivity (Wildman–Crippen MR) is 89.2 cm³/mol. The highest BCUT2D eigenvalue weighted by molar-refractivity contribution is 6.30. The quantitative estimate of drug-likeness (QED) is 0.883. The van der Waals surface area contributed by atoms with Crippen LogP contribution in [0, 0.1) is 20.8 Å². The van der Waals surface area contributed by atoms with E-state index in [-0.39, 0.29) is 12.5 Å². The van der Waals surface area contributed by atoms with Gasteiger partial charge in [-0.2, -0.15) is 0 Å². The SMILES string of the molecule is Cc1cc(Cl)ccc1NC(=O)CNc1c(C)cccc1C. The Balaban J connectivity index is 1.99. The number of amides is 1. The van der Waals surface area contributed by atoms with E-state index in [0.29, 0.717) is 5.02 Å². The number of carbonyl (C=O) groups is 1. The molecule has 0 aliphatic rings. The van der Waals surface area contributed by atoms with E-state index in [9.17, 15) is 4.79 Å². The summed E-state index contributed by atoms with van der Waals surface area (Å²) >= 11 is 5.90. The minimum atomic E-state index is -0.0805. The van der Waals surface area contributed by atoms with E-state index in [1.807, 2.05) is 51.1 Å². The van der Waals surface area contributed by atoms with Crippen molar-refractivity contribution >= 4 is 28.9 Å². The van der Waals surface area contributed by atoms with Gasteiger partial charge in [0.15, 0.2) is 0 Å². The van der Waals surface area contributed by atoms with Crippen LogP contribution in [0.15, 0.2) is 36.4 Å². The van der Waals surface area contributed by atoms with E-state index in [0.717, 1.165) is 28.1 Å². The summed E-state index contributed by atoms with van der Waals surface area (Å²) in [5.41, 5.74) is 5.01. The lowest BCUT2D eigenvalue weighted by Gasteiger charge is -2.13. The molecule has 0 bridgehead atoms. The molecule has 4 heteroatoms. The van der Waals surface area contributed by atoms with Crippen LogP contribution < -0.4 is 10.6 Å². The molecule has 21 heavy (non-hydrogen) atoms. The van der Waals surface area contributed by atoms with E-state index >= 15 is 0 Å². The number of aryl methyl sites for hydroxylation is 3. The number of hydrogen-bond donors (Lipinski definition) is 2. The molecule has 0 heterocycles. The molecule has 2 N–H and O–H groups in total. The van der Waals surface area contributed by atoms with Crippen molar-refractivity contribution in [2.75, 3.05) is 17.2 Å². The van der Waals surface area contributed by atoms with Crippen molar-refractivity contribution in [3.05, 3.63) is 58.1 Å². The standard InChI is InChI=1S/C17H19ClN2O/c1-11-5-4-6-12(2)17(11)19-10-16(21)20-15-8-7-14(18)9-13(15)3/h4-9,19H,10H2,1-3H3,(H,20,21). The van der Waals surface area contributed by atoms with Crippen molar-refractivity contribution in [3.8, 4) is 0 Å². The van der Waals surface area contributed by atoms with E-state index in [1.165, 1.54) is 0 Å². The van der Waals surface area contributed by atoms with Gasteiger partial charge in [-0.15, -0.1) is 0 Å². The first-order valence-electron chi connectivity index (χ1n) is 6.83. The maximum atomic E-state index is 12.0. The topological polar surface area (TPSA) is 41.1 Å². The number of hydrogen-bond acceptors (Lipinski definition) is 2. The Bertz CT molecular complexity index is 648. The first-order valence-corrected chi connectivity index (χ1v) is 7.21. The average molecular weight is 303 g/mol. The number of benzene rings is 2. The second-order valence-electron chi connectivity index (χ2n) is 5.13. The smallest absolute Gasteiger partial charge is 0.243 e. The van der Waals surface area contributed by atoms with Crippen molar-refractivity contribution in [2.24, 2.45) is 0 Å². The minimum absolute atomic E-state index is 0.0805. The van der Waals surface area contributed by atoms with Crippen LogP contribution in [-0.2, 0) is 4.79 Å². The molecule has 0 saturated carbocycles. The predicted octanol–water partition coefficient (Wildman–Crippen LogP) is 4.32. The molecule has 0 spiro atoms. The molecule has 0 aliphatic carbocycles. The largest absolute Gasteiger partial charge is 0.376 e. The molecule has 110 valence electrons. The zero-order valence-electron chi connectivity index (χ0n) is 12.5. The molecule has 0 aliphatic heterocycles.